The third kappa shape index (κ3) is 15.5. The van der Waals surface area contributed by atoms with Gasteiger partial charge in [0.25, 0.3) is 0 Å². The summed E-state index contributed by atoms with van der Waals surface area (Å²) in [6.45, 7) is 6.02. The van der Waals surface area contributed by atoms with E-state index in [4.69, 9.17) is 0 Å². The van der Waals surface area contributed by atoms with Crippen LogP contribution in [0.15, 0.2) is 24.8 Å². The Morgan fingerprint density at radius 3 is 1.67 bits per heavy atom. The van der Waals surface area contributed by atoms with E-state index >= 15 is 0 Å². The van der Waals surface area contributed by atoms with Crippen LogP contribution in [0.3, 0.4) is 0 Å². The van der Waals surface area contributed by atoms with Gasteiger partial charge in [0.1, 0.15) is 0 Å². The van der Waals surface area contributed by atoms with Crippen LogP contribution >= 0.6 is 0 Å². The number of hydrogen-bond donors (Lipinski definition) is 0. The molecule has 0 bridgehead atoms. The van der Waals surface area contributed by atoms with Crippen LogP contribution in [0.2, 0.25) is 0 Å². The largest absolute Gasteiger partial charge is 0.103 e. The molecule has 0 fully saturated rings. The predicted octanol–water partition coefficient (Wildman–Crippen LogP) is 6.82. The smallest absolute Gasteiger partial charge is 0.0348 e. The fourth-order valence-corrected chi connectivity index (χ4v) is 2.19. The predicted molar refractivity (Wildman–Crippen MR) is 85.0 cm³/mol. The third-order valence-electron chi connectivity index (χ3n) is 3.42. The molecule has 0 aliphatic heterocycles. The molecule has 0 unspecified atom stereocenters. The summed E-state index contributed by atoms with van der Waals surface area (Å²) in [7, 11) is 0. The lowest BCUT2D eigenvalue weighted by Gasteiger charge is -2.00. The van der Waals surface area contributed by atoms with Gasteiger partial charge in [0.15, 0.2) is 0 Å². The van der Waals surface area contributed by atoms with Crippen molar-refractivity contribution in [1.82, 2.24) is 0 Å². The van der Waals surface area contributed by atoms with E-state index in [0.29, 0.717) is 0 Å². The topological polar surface area (TPSA) is 0 Å². The van der Waals surface area contributed by atoms with E-state index in [2.05, 4.69) is 25.7 Å². The summed E-state index contributed by atoms with van der Waals surface area (Å²) in [5, 5.41) is 0. The highest BCUT2D eigenvalue weighted by molar-refractivity contribution is 4.82. The zero-order valence-corrected chi connectivity index (χ0v) is 12.6. The molecule has 0 saturated heterocycles. The molecule has 0 aliphatic rings. The van der Waals surface area contributed by atoms with Crippen molar-refractivity contribution in [2.45, 2.75) is 90.4 Å². The maximum atomic E-state index is 3.74. The highest BCUT2D eigenvalue weighted by Crippen LogP contribution is 2.10. The van der Waals surface area contributed by atoms with E-state index in [1.165, 1.54) is 77.0 Å². The van der Waals surface area contributed by atoms with Gasteiger partial charge in [-0.2, -0.15) is 0 Å². The lowest BCUT2D eigenvalue weighted by molar-refractivity contribution is 0.566. The summed E-state index contributed by atoms with van der Waals surface area (Å²) < 4.78 is 0. The summed E-state index contributed by atoms with van der Waals surface area (Å²) in [6.07, 6.45) is 24.5. The molecular formula is C18H34. The Hall–Kier alpha value is -0.520. The normalized spacial score (nSPS) is 11.2. The van der Waals surface area contributed by atoms with Crippen LogP contribution < -0.4 is 0 Å². The minimum Gasteiger partial charge on any atom is -0.103 e. The van der Waals surface area contributed by atoms with E-state index < -0.39 is 0 Å². The van der Waals surface area contributed by atoms with Gasteiger partial charge in [0, 0.05) is 0 Å². The molecule has 106 valence electrons. The van der Waals surface area contributed by atoms with Gasteiger partial charge in [-0.15, -0.1) is 6.58 Å². The summed E-state index contributed by atoms with van der Waals surface area (Å²) in [6, 6.07) is 0. The first-order chi connectivity index (χ1) is 8.91. The van der Waals surface area contributed by atoms with Crippen LogP contribution in [0.4, 0.5) is 0 Å². The molecule has 0 aliphatic carbocycles. The van der Waals surface area contributed by atoms with Crippen LogP contribution in [-0.2, 0) is 0 Å². The molecule has 0 spiro atoms. The van der Waals surface area contributed by atoms with E-state index in [1.807, 2.05) is 6.08 Å². The molecule has 0 aromatic rings. The van der Waals surface area contributed by atoms with Gasteiger partial charge in [-0.3, -0.25) is 0 Å². The maximum absolute atomic E-state index is 3.74. The summed E-state index contributed by atoms with van der Waals surface area (Å²) >= 11 is 0. The molecule has 0 heterocycles. The molecule has 0 nitrogen and oxygen atoms in total. The van der Waals surface area contributed by atoms with Gasteiger partial charge in [0.2, 0.25) is 0 Å². The fraction of sp³-hybridized carbons (Fsp3) is 0.778. The van der Waals surface area contributed by atoms with Gasteiger partial charge in [-0.25, -0.2) is 0 Å². The number of hydrogen-bond acceptors (Lipinski definition) is 0. The minimum atomic E-state index is 1.16. The lowest BCUT2D eigenvalue weighted by Crippen LogP contribution is -1.80. The van der Waals surface area contributed by atoms with Crippen molar-refractivity contribution in [1.29, 1.82) is 0 Å². The van der Waals surface area contributed by atoms with E-state index in [9.17, 15) is 0 Å². The van der Waals surface area contributed by atoms with E-state index in [0.717, 1.165) is 6.42 Å². The minimum absolute atomic E-state index is 1.16. The Labute approximate surface area is 116 Å². The summed E-state index contributed by atoms with van der Waals surface area (Å²) in [4.78, 5) is 0. The van der Waals surface area contributed by atoms with Crippen molar-refractivity contribution < 1.29 is 0 Å². The van der Waals surface area contributed by atoms with E-state index in [-0.39, 0.29) is 0 Å². The maximum Gasteiger partial charge on any atom is -0.0348 e. The van der Waals surface area contributed by atoms with E-state index in [1.54, 1.807) is 0 Å². The van der Waals surface area contributed by atoms with Gasteiger partial charge < -0.3 is 0 Å². The Balaban J connectivity index is 3.00. The quantitative estimate of drug-likeness (QED) is 0.234. The summed E-state index contributed by atoms with van der Waals surface area (Å²) in [5.74, 6) is 0. The first-order valence-corrected chi connectivity index (χ1v) is 8.17. The second-order valence-electron chi connectivity index (χ2n) is 5.31. The third-order valence-corrected chi connectivity index (χ3v) is 3.42. The molecule has 0 heteroatoms. The molecule has 18 heavy (non-hydrogen) atoms. The molecule has 0 rings (SSSR count). The van der Waals surface area contributed by atoms with Gasteiger partial charge in [-0.05, 0) is 32.1 Å². The molecule has 0 aromatic carbocycles. The monoisotopic (exact) mass is 250 g/mol. The van der Waals surface area contributed by atoms with Gasteiger partial charge >= 0.3 is 0 Å². The van der Waals surface area contributed by atoms with Crippen LogP contribution in [0.25, 0.3) is 0 Å². The highest BCUT2D eigenvalue weighted by Gasteiger charge is 1.91. The number of allylic oxidation sites excluding steroid dienone is 3. The molecular weight excluding hydrogens is 216 g/mol. The number of unbranched alkanes of at least 4 members (excludes halogenated alkanes) is 11. The van der Waals surface area contributed by atoms with Gasteiger partial charge in [0.05, 0.1) is 0 Å². The first kappa shape index (κ1) is 17.5. The van der Waals surface area contributed by atoms with Crippen molar-refractivity contribution >= 4 is 0 Å². The summed E-state index contributed by atoms with van der Waals surface area (Å²) in [5.41, 5.74) is 0. The SMILES string of the molecule is C=CCCC/C=C\CCCCCCCCCCC. The average Bonchev–Trinajstić information content (AvgIpc) is 2.39. The molecule has 0 atom stereocenters. The Kier molecular flexibility index (Phi) is 16.0. The van der Waals surface area contributed by atoms with Crippen LogP contribution in [-0.4, -0.2) is 0 Å². The Morgan fingerprint density at radius 2 is 1.11 bits per heavy atom. The molecule has 0 amide bonds. The van der Waals surface area contributed by atoms with Crippen LogP contribution in [0.5, 0.6) is 0 Å². The zero-order chi connectivity index (χ0) is 13.3. The number of rotatable bonds is 14. The Morgan fingerprint density at radius 1 is 0.611 bits per heavy atom. The van der Waals surface area contributed by atoms with Crippen molar-refractivity contribution in [2.75, 3.05) is 0 Å². The van der Waals surface area contributed by atoms with Crippen molar-refractivity contribution in [3.8, 4) is 0 Å². The second-order valence-corrected chi connectivity index (χ2v) is 5.31. The molecule has 0 radical (unpaired) electrons. The fourth-order valence-electron chi connectivity index (χ4n) is 2.19. The standard InChI is InChI=1S/C18H34/c1-3-5-7-9-11-13-15-17-18-16-14-12-10-8-6-4-2/h3,11,13H,1,4-10,12,14-18H2,2H3/b13-11-. The molecule has 0 N–H and O–H groups in total. The van der Waals surface area contributed by atoms with Crippen LogP contribution in [0, 0.1) is 0 Å². The lowest BCUT2D eigenvalue weighted by atomic mass is 10.1. The zero-order valence-electron chi connectivity index (χ0n) is 12.6. The average molecular weight is 250 g/mol. The molecule has 0 aromatic heterocycles. The second kappa shape index (κ2) is 16.5. The Bertz CT molecular complexity index is 178. The highest BCUT2D eigenvalue weighted by atomic mass is 14.0. The van der Waals surface area contributed by atoms with Crippen molar-refractivity contribution in [3.05, 3.63) is 24.8 Å². The molecule has 0 saturated carbocycles. The van der Waals surface area contributed by atoms with Crippen molar-refractivity contribution in [2.24, 2.45) is 0 Å². The van der Waals surface area contributed by atoms with Gasteiger partial charge in [-0.1, -0.05) is 76.5 Å². The first-order valence-electron chi connectivity index (χ1n) is 8.17. The van der Waals surface area contributed by atoms with Crippen molar-refractivity contribution in [3.63, 3.8) is 0 Å². The van der Waals surface area contributed by atoms with Crippen LogP contribution in [0.1, 0.15) is 90.4 Å².